The van der Waals surface area contributed by atoms with E-state index in [1.165, 1.54) is 0 Å². The van der Waals surface area contributed by atoms with Crippen molar-refractivity contribution in [2.24, 2.45) is 0 Å². The number of fused-ring (bicyclic) bond motifs is 3. The number of carbonyl (C=O) groups excluding carboxylic acids is 1. The van der Waals surface area contributed by atoms with Crippen LogP contribution in [0.1, 0.15) is 23.5 Å². The van der Waals surface area contributed by atoms with Gasteiger partial charge in [-0.15, -0.1) is 0 Å². The maximum absolute atomic E-state index is 12.8. The van der Waals surface area contributed by atoms with E-state index in [0.717, 1.165) is 22.3 Å². The molecule has 1 saturated heterocycles. The predicted molar refractivity (Wildman–Crippen MR) is 87.6 cm³/mol. The van der Waals surface area contributed by atoms with E-state index in [0.29, 0.717) is 13.0 Å². The molecule has 0 saturated carbocycles. The van der Waals surface area contributed by atoms with Crippen LogP contribution >= 0.6 is 0 Å². The molecule has 122 valence electrons. The number of hydrogen-bond acceptors (Lipinski definition) is 4. The summed E-state index contributed by atoms with van der Waals surface area (Å²) >= 11 is 0. The molecule has 2 N–H and O–H groups in total. The van der Waals surface area contributed by atoms with Gasteiger partial charge in [0.1, 0.15) is 18.1 Å². The van der Waals surface area contributed by atoms with Crippen LogP contribution in [0.3, 0.4) is 0 Å². The van der Waals surface area contributed by atoms with Gasteiger partial charge in [-0.05, 0) is 22.3 Å². The fourth-order valence-electron chi connectivity index (χ4n) is 3.62. The van der Waals surface area contributed by atoms with E-state index in [9.17, 15) is 9.59 Å². The van der Waals surface area contributed by atoms with Gasteiger partial charge in [0.2, 0.25) is 0 Å². The molecule has 0 unspecified atom stereocenters. The van der Waals surface area contributed by atoms with Crippen LogP contribution in [0.2, 0.25) is 0 Å². The fourth-order valence-corrected chi connectivity index (χ4v) is 3.62. The first kappa shape index (κ1) is 14.9. The minimum Gasteiger partial charge on any atom is -0.480 e. The first-order valence-electron chi connectivity index (χ1n) is 8.00. The van der Waals surface area contributed by atoms with Gasteiger partial charge in [0.25, 0.3) is 0 Å². The lowest BCUT2D eigenvalue weighted by Crippen LogP contribution is -2.30. The number of rotatable bonds is 3. The molecular formula is C19H17NO4. The molecule has 1 aliphatic heterocycles. The third kappa shape index (κ3) is 2.37. The smallest absolute Gasteiger partial charge is 0.320 e. The Morgan fingerprint density at radius 2 is 1.58 bits per heavy atom. The molecule has 2 aliphatic rings. The summed E-state index contributed by atoms with van der Waals surface area (Å²) in [4.78, 5) is 23.8. The SMILES string of the molecule is O=C(O[C@H]1CN[C@H](C(=O)O)C1)C1c2ccccc2-c2ccccc21. The Labute approximate surface area is 139 Å². The molecule has 0 bridgehead atoms. The lowest BCUT2D eigenvalue weighted by Gasteiger charge is -2.17. The van der Waals surface area contributed by atoms with Crippen LogP contribution in [0.15, 0.2) is 48.5 Å². The molecule has 2 aromatic carbocycles. The summed E-state index contributed by atoms with van der Waals surface area (Å²) < 4.78 is 5.62. The zero-order chi connectivity index (χ0) is 16.7. The van der Waals surface area contributed by atoms with Gasteiger partial charge < -0.3 is 15.2 Å². The molecule has 0 spiro atoms. The van der Waals surface area contributed by atoms with Crippen LogP contribution in [0.5, 0.6) is 0 Å². The molecule has 4 rings (SSSR count). The van der Waals surface area contributed by atoms with E-state index in [1.54, 1.807) is 0 Å². The maximum atomic E-state index is 12.8. The van der Waals surface area contributed by atoms with E-state index < -0.39 is 24.0 Å². The number of carboxylic acid groups (broad SMARTS) is 1. The molecule has 1 aliphatic carbocycles. The van der Waals surface area contributed by atoms with Crippen molar-refractivity contribution in [1.82, 2.24) is 5.32 Å². The van der Waals surface area contributed by atoms with Crippen LogP contribution in [-0.4, -0.2) is 35.7 Å². The maximum Gasteiger partial charge on any atom is 0.320 e. The zero-order valence-corrected chi connectivity index (χ0v) is 12.9. The van der Waals surface area contributed by atoms with E-state index in [1.807, 2.05) is 48.5 Å². The number of ether oxygens (including phenoxy) is 1. The van der Waals surface area contributed by atoms with Gasteiger partial charge in [-0.2, -0.15) is 0 Å². The summed E-state index contributed by atoms with van der Waals surface area (Å²) in [7, 11) is 0. The van der Waals surface area contributed by atoms with Gasteiger partial charge in [0, 0.05) is 13.0 Å². The normalized spacial score (nSPS) is 22.0. The third-order valence-corrected chi connectivity index (χ3v) is 4.74. The van der Waals surface area contributed by atoms with Gasteiger partial charge in [-0.1, -0.05) is 48.5 Å². The number of benzene rings is 2. The van der Waals surface area contributed by atoms with Crippen LogP contribution < -0.4 is 5.32 Å². The van der Waals surface area contributed by atoms with Crippen molar-refractivity contribution < 1.29 is 19.4 Å². The largest absolute Gasteiger partial charge is 0.480 e. The highest BCUT2D eigenvalue weighted by atomic mass is 16.5. The quantitative estimate of drug-likeness (QED) is 0.847. The first-order chi connectivity index (χ1) is 11.6. The van der Waals surface area contributed by atoms with Crippen LogP contribution in [0.25, 0.3) is 11.1 Å². The molecule has 5 nitrogen and oxygen atoms in total. The molecule has 0 aromatic heterocycles. The molecule has 2 aromatic rings. The minimum atomic E-state index is -0.912. The second-order valence-electron chi connectivity index (χ2n) is 6.20. The van der Waals surface area contributed by atoms with Crippen LogP contribution in [-0.2, 0) is 14.3 Å². The molecule has 5 heteroatoms. The molecular weight excluding hydrogens is 306 g/mol. The van der Waals surface area contributed by atoms with Crippen LogP contribution in [0, 0.1) is 0 Å². The standard InChI is InChI=1S/C19H17NO4/c21-18(22)16-9-11(10-20-16)24-19(23)17-14-7-3-1-5-12(14)13-6-2-4-8-15(13)17/h1-8,11,16-17,20H,9-10H2,(H,21,22)/t11-,16+/m1/s1. The summed E-state index contributed by atoms with van der Waals surface area (Å²) in [5.74, 6) is -1.67. The summed E-state index contributed by atoms with van der Waals surface area (Å²) in [6.07, 6.45) is -0.101. The van der Waals surface area contributed by atoms with Gasteiger partial charge in [0.15, 0.2) is 0 Å². The molecule has 24 heavy (non-hydrogen) atoms. The van der Waals surface area contributed by atoms with E-state index in [2.05, 4.69) is 5.32 Å². The Morgan fingerprint density at radius 1 is 1.00 bits per heavy atom. The number of esters is 1. The van der Waals surface area contributed by atoms with Crippen molar-refractivity contribution in [1.29, 1.82) is 0 Å². The molecule has 1 fully saturated rings. The molecule has 1 heterocycles. The number of aliphatic carboxylic acids is 1. The second kappa shape index (κ2) is 5.76. The summed E-state index contributed by atoms with van der Waals surface area (Å²) in [5.41, 5.74) is 4.01. The van der Waals surface area contributed by atoms with Crippen molar-refractivity contribution in [3.05, 3.63) is 59.7 Å². The van der Waals surface area contributed by atoms with Gasteiger partial charge in [-0.3, -0.25) is 9.59 Å². The summed E-state index contributed by atoms with van der Waals surface area (Å²) in [6, 6.07) is 15.0. The number of carboxylic acids is 1. The predicted octanol–water partition coefficient (Wildman–Crippen LogP) is 2.16. The van der Waals surface area contributed by atoms with E-state index in [4.69, 9.17) is 9.84 Å². The average Bonchev–Trinajstić information content (AvgIpc) is 3.17. The summed E-state index contributed by atoms with van der Waals surface area (Å²) in [5, 5.41) is 11.9. The van der Waals surface area contributed by atoms with Crippen molar-refractivity contribution in [3.63, 3.8) is 0 Å². The Kier molecular flexibility index (Phi) is 3.58. The lowest BCUT2D eigenvalue weighted by molar-refractivity contribution is -0.149. The summed E-state index contributed by atoms with van der Waals surface area (Å²) in [6.45, 7) is 0.374. The van der Waals surface area contributed by atoms with Crippen LogP contribution in [0.4, 0.5) is 0 Å². The number of carbonyl (C=O) groups is 2. The van der Waals surface area contributed by atoms with Crippen molar-refractivity contribution in [2.45, 2.75) is 24.5 Å². The minimum absolute atomic E-state index is 0.303. The fraction of sp³-hybridized carbons (Fsp3) is 0.263. The Morgan fingerprint density at radius 3 is 2.12 bits per heavy atom. The van der Waals surface area contributed by atoms with E-state index >= 15 is 0 Å². The van der Waals surface area contributed by atoms with Crippen molar-refractivity contribution >= 4 is 11.9 Å². The van der Waals surface area contributed by atoms with Gasteiger partial charge in [0.05, 0.1) is 0 Å². The molecule has 0 radical (unpaired) electrons. The first-order valence-corrected chi connectivity index (χ1v) is 8.00. The Balaban J connectivity index is 1.60. The highest BCUT2D eigenvalue weighted by molar-refractivity contribution is 5.93. The molecule has 0 amide bonds. The zero-order valence-electron chi connectivity index (χ0n) is 12.9. The monoisotopic (exact) mass is 323 g/mol. The topological polar surface area (TPSA) is 75.6 Å². The third-order valence-electron chi connectivity index (χ3n) is 4.74. The Hall–Kier alpha value is -2.66. The highest BCUT2D eigenvalue weighted by Crippen LogP contribution is 2.45. The lowest BCUT2D eigenvalue weighted by atomic mass is 9.97. The van der Waals surface area contributed by atoms with Gasteiger partial charge in [-0.25, -0.2) is 0 Å². The number of hydrogen-bond donors (Lipinski definition) is 2. The van der Waals surface area contributed by atoms with Crippen molar-refractivity contribution in [3.8, 4) is 11.1 Å². The van der Waals surface area contributed by atoms with Gasteiger partial charge >= 0.3 is 11.9 Å². The Bertz CT molecular complexity index is 771. The highest BCUT2D eigenvalue weighted by Gasteiger charge is 2.38. The average molecular weight is 323 g/mol. The second-order valence-corrected chi connectivity index (χ2v) is 6.20. The van der Waals surface area contributed by atoms with E-state index in [-0.39, 0.29) is 5.97 Å². The van der Waals surface area contributed by atoms with Crippen molar-refractivity contribution in [2.75, 3.05) is 6.54 Å². The molecule has 2 atom stereocenters. The number of nitrogens with one attached hydrogen (secondary N) is 1.